The van der Waals surface area contributed by atoms with Gasteiger partial charge in [0.05, 0.1) is 33.0 Å². The quantitative estimate of drug-likeness (QED) is 0.439. The number of esters is 3. The van der Waals surface area contributed by atoms with Crippen LogP contribution in [0.1, 0.15) is 44.9 Å². The molecule has 0 aliphatic heterocycles. The Labute approximate surface area is 143 Å². The number of hydrogen-bond acceptors (Lipinski definition) is 7. The summed E-state index contributed by atoms with van der Waals surface area (Å²) in [6, 6.07) is 0. The molecule has 1 saturated carbocycles. The van der Waals surface area contributed by atoms with Crippen LogP contribution in [0.3, 0.4) is 0 Å². The third-order valence-electron chi connectivity index (χ3n) is 4.31. The highest BCUT2D eigenvalue weighted by molar-refractivity contribution is 5.72. The van der Waals surface area contributed by atoms with Gasteiger partial charge in [0, 0.05) is 19.6 Å². The molecule has 0 heterocycles. The minimum absolute atomic E-state index is 0.0253. The maximum atomic E-state index is 12.0. The zero-order valence-corrected chi connectivity index (χ0v) is 14.8. The van der Waals surface area contributed by atoms with Crippen LogP contribution < -0.4 is 0 Å². The van der Waals surface area contributed by atoms with Crippen LogP contribution in [0.2, 0.25) is 0 Å². The first-order valence-electron chi connectivity index (χ1n) is 8.59. The molecule has 0 saturated heterocycles. The van der Waals surface area contributed by atoms with E-state index in [2.05, 4.69) is 9.47 Å². The lowest BCUT2D eigenvalue weighted by atomic mass is 9.89. The molecule has 0 aromatic carbocycles. The molecule has 0 amide bonds. The van der Waals surface area contributed by atoms with Gasteiger partial charge in [0.1, 0.15) is 6.61 Å². The van der Waals surface area contributed by atoms with Crippen molar-refractivity contribution in [3.8, 4) is 0 Å². The first-order chi connectivity index (χ1) is 11.6. The molecule has 7 nitrogen and oxygen atoms in total. The second-order valence-corrected chi connectivity index (χ2v) is 6.00. The van der Waals surface area contributed by atoms with E-state index >= 15 is 0 Å². The number of methoxy groups -OCH3 is 2. The molecule has 24 heavy (non-hydrogen) atoms. The summed E-state index contributed by atoms with van der Waals surface area (Å²) >= 11 is 0. The molecule has 7 heteroatoms. The molecule has 0 atom stereocenters. The SMILES string of the molecule is COC(=O)CCN(CCOC(=O)C1CCCCC1)CCC(=O)OC. The lowest BCUT2D eigenvalue weighted by Crippen LogP contribution is -2.33. The summed E-state index contributed by atoms with van der Waals surface area (Å²) in [5.41, 5.74) is 0. The molecule has 0 radical (unpaired) electrons. The lowest BCUT2D eigenvalue weighted by molar-refractivity contribution is -0.150. The second-order valence-electron chi connectivity index (χ2n) is 6.00. The average molecular weight is 343 g/mol. The van der Waals surface area contributed by atoms with Crippen molar-refractivity contribution in [3.63, 3.8) is 0 Å². The molecular formula is C17H29NO6. The van der Waals surface area contributed by atoms with Gasteiger partial charge in [-0.1, -0.05) is 19.3 Å². The Bertz CT molecular complexity index is 386. The van der Waals surface area contributed by atoms with Crippen LogP contribution in [0.4, 0.5) is 0 Å². The maximum Gasteiger partial charge on any atom is 0.308 e. The minimum Gasteiger partial charge on any atom is -0.469 e. The van der Waals surface area contributed by atoms with Crippen molar-refractivity contribution in [2.75, 3.05) is 40.5 Å². The first kappa shape index (κ1) is 20.4. The smallest absolute Gasteiger partial charge is 0.308 e. The third kappa shape index (κ3) is 8.29. The van der Waals surface area contributed by atoms with E-state index in [0.717, 1.165) is 25.7 Å². The standard InChI is InChI=1S/C17H29NO6/c1-22-15(19)8-10-18(11-9-16(20)23-2)12-13-24-17(21)14-6-4-3-5-7-14/h14H,3-13H2,1-2H3. The van der Waals surface area contributed by atoms with Gasteiger partial charge < -0.3 is 14.2 Å². The van der Waals surface area contributed by atoms with E-state index in [0.29, 0.717) is 19.6 Å². The van der Waals surface area contributed by atoms with E-state index in [4.69, 9.17) is 4.74 Å². The fourth-order valence-corrected chi connectivity index (χ4v) is 2.77. The molecule has 0 bridgehead atoms. The second kappa shape index (κ2) is 11.8. The molecule has 138 valence electrons. The van der Waals surface area contributed by atoms with Crippen LogP contribution in [0.15, 0.2) is 0 Å². The van der Waals surface area contributed by atoms with E-state index in [1.807, 2.05) is 4.90 Å². The van der Waals surface area contributed by atoms with Crippen molar-refractivity contribution in [3.05, 3.63) is 0 Å². The number of carbonyl (C=O) groups is 3. The third-order valence-corrected chi connectivity index (χ3v) is 4.31. The summed E-state index contributed by atoms with van der Waals surface area (Å²) in [6.07, 6.45) is 5.65. The molecule has 0 aromatic heterocycles. The summed E-state index contributed by atoms with van der Waals surface area (Å²) in [6.45, 7) is 1.64. The summed E-state index contributed by atoms with van der Waals surface area (Å²) in [4.78, 5) is 36.5. The number of rotatable bonds is 10. The highest BCUT2D eigenvalue weighted by Gasteiger charge is 2.22. The first-order valence-corrected chi connectivity index (χ1v) is 8.59. The molecule has 0 aromatic rings. The summed E-state index contributed by atoms with van der Waals surface area (Å²) in [5, 5.41) is 0. The largest absolute Gasteiger partial charge is 0.469 e. The zero-order valence-electron chi connectivity index (χ0n) is 14.8. The molecule has 0 N–H and O–H groups in total. The molecule has 1 aliphatic rings. The summed E-state index contributed by atoms with van der Waals surface area (Å²) in [5.74, 6) is -0.720. The molecule has 1 aliphatic carbocycles. The normalized spacial score (nSPS) is 15.1. The van der Waals surface area contributed by atoms with E-state index in [9.17, 15) is 14.4 Å². The Balaban J connectivity index is 2.34. The van der Waals surface area contributed by atoms with Gasteiger partial charge in [-0.05, 0) is 12.8 Å². The molecular weight excluding hydrogens is 314 g/mol. The summed E-state index contributed by atoms with van der Waals surface area (Å²) < 4.78 is 14.6. The van der Waals surface area contributed by atoms with Crippen LogP contribution in [0.5, 0.6) is 0 Å². The number of carbonyl (C=O) groups excluding carboxylic acids is 3. The summed E-state index contributed by atoms with van der Waals surface area (Å²) in [7, 11) is 2.68. The van der Waals surface area contributed by atoms with Gasteiger partial charge in [-0.25, -0.2) is 0 Å². The Kier molecular flexibility index (Phi) is 10.1. The van der Waals surface area contributed by atoms with E-state index in [1.54, 1.807) is 0 Å². The highest BCUT2D eigenvalue weighted by atomic mass is 16.5. The molecule has 0 unspecified atom stereocenters. The Morgan fingerprint density at radius 1 is 0.875 bits per heavy atom. The van der Waals surface area contributed by atoms with Gasteiger partial charge in [0.25, 0.3) is 0 Å². The average Bonchev–Trinajstić information content (AvgIpc) is 2.63. The Hall–Kier alpha value is -1.63. The lowest BCUT2D eigenvalue weighted by Gasteiger charge is -2.23. The number of ether oxygens (including phenoxy) is 3. The number of nitrogens with zero attached hydrogens (tertiary/aromatic N) is 1. The molecule has 1 rings (SSSR count). The monoisotopic (exact) mass is 343 g/mol. The van der Waals surface area contributed by atoms with E-state index in [1.165, 1.54) is 20.6 Å². The molecule has 0 spiro atoms. The number of hydrogen-bond donors (Lipinski definition) is 0. The Morgan fingerprint density at radius 2 is 1.42 bits per heavy atom. The fourth-order valence-electron chi connectivity index (χ4n) is 2.77. The zero-order chi connectivity index (χ0) is 17.8. The van der Waals surface area contributed by atoms with Gasteiger partial charge in [-0.2, -0.15) is 0 Å². The van der Waals surface area contributed by atoms with Gasteiger partial charge in [0.15, 0.2) is 0 Å². The molecule has 1 fully saturated rings. The van der Waals surface area contributed by atoms with Crippen molar-refractivity contribution in [2.45, 2.75) is 44.9 Å². The predicted octanol–water partition coefficient (Wildman–Crippen LogP) is 1.54. The topological polar surface area (TPSA) is 82.1 Å². The van der Waals surface area contributed by atoms with E-state index < -0.39 is 0 Å². The van der Waals surface area contributed by atoms with Gasteiger partial charge in [-0.3, -0.25) is 19.3 Å². The van der Waals surface area contributed by atoms with Crippen LogP contribution in [-0.2, 0) is 28.6 Å². The van der Waals surface area contributed by atoms with Gasteiger partial charge in [0.2, 0.25) is 0 Å². The van der Waals surface area contributed by atoms with E-state index in [-0.39, 0.29) is 43.3 Å². The Morgan fingerprint density at radius 3 is 1.92 bits per heavy atom. The van der Waals surface area contributed by atoms with Crippen molar-refractivity contribution < 1.29 is 28.6 Å². The van der Waals surface area contributed by atoms with Crippen molar-refractivity contribution in [2.24, 2.45) is 5.92 Å². The highest BCUT2D eigenvalue weighted by Crippen LogP contribution is 2.24. The van der Waals surface area contributed by atoms with Crippen LogP contribution in [0, 0.1) is 5.92 Å². The van der Waals surface area contributed by atoms with Crippen LogP contribution >= 0.6 is 0 Å². The minimum atomic E-state index is -0.308. The maximum absolute atomic E-state index is 12.0. The van der Waals surface area contributed by atoms with Gasteiger partial charge >= 0.3 is 17.9 Å². The van der Waals surface area contributed by atoms with Crippen molar-refractivity contribution >= 4 is 17.9 Å². The van der Waals surface area contributed by atoms with Crippen molar-refractivity contribution in [1.82, 2.24) is 4.90 Å². The van der Waals surface area contributed by atoms with Crippen LogP contribution in [0.25, 0.3) is 0 Å². The van der Waals surface area contributed by atoms with Crippen molar-refractivity contribution in [1.29, 1.82) is 0 Å². The van der Waals surface area contributed by atoms with Gasteiger partial charge in [-0.15, -0.1) is 0 Å². The van der Waals surface area contributed by atoms with Crippen LogP contribution in [-0.4, -0.2) is 63.3 Å². The predicted molar refractivity (Wildman–Crippen MR) is 87.2 cm³/mol. The fraction of sp³-hybridized carbons (Fsp3) is 0.824.